The van der Waals surface area contributed by atoms with Crippen LogP contribution in [0.15, 0.2) is 4.52 Å². The van der Waals surface area contributed by atoms with Crippen molar-refractivity contribution in [3.05, 3.63) is 17.0 Å². The summed E-state index contributed by atoms with van der Waals surface area (Å²) in [5.41, 5.74) is 0.882. The van der Waals surface area contributed by atoms with Gasteiger partial charge in [-0.15, -0.1) is 0 Å². The maximum absolute atomic E-state index is 11.9. The van der Waals surface area contributed by atoms with Gasteiger partial charge >= 0.3 is 0 Å². The van der Waals surface area contributed by atoms with E-state index >= 15 is 0 Å². The molecule has 1 heterocycles. The van der Waals surface area contributed by atoms with Crippen molar-refractivity contribution in [3.63, 3.8) is 0 Å². The summed E-state index contributed by atoms with van der Waals surface area (Å²) in [6, 6.07) is -0.670. The topological polar surface area (TPSA) is 95.6 Å². The van der Waals surface area contributed by atoms with Crippen molar-refractivity contribution in [2.45, 2.75) is 32.7 Å². The third kappa shape index (κ3) is 3.04. The summed E-state index contributed by atoms with van der Waals surface area (Å²) < 4.78 is 5.09. The molecule has 17 heavy (non-hydrogen) atoms. The van der Waals surface area contributed by atoms with E-state index in [4.69, 9.17) is 14.7 Å². The van der Waals surface area contributed by atoms with Gasteiger partial charge < -0.3 is 20.1 Å². The fourth-order valence-electron chi connectivity index (χ4n) is 1.46. The molecule has 0 unspecified atom stereocenters. The first-order valence-electron chi connectivity index (χ1n) is 5.50. The average Bonchev–Trinajstić information content (AvgIpc) is 2.67. The number of hydrogen-bond donors (Lipinski definition) is 3. The van der Waals surface area contributed by atoms with Crippen molar-refractivity contribution in [1.29, 1.82) is 0 Å². The van der Waals surface area contributed by atoms with Crippen LogP contribution in [0.4, 0.5) is 0 Å². The van der Waals surface area contributed by atoms with Crippen LogP contribution in [0, 0.1) is 6.92 Å². The predicted octanol–water partition coefficient (Wildman–Crippen LogP) is 0.189. The minimum absolute atomic E-state index is 0.0404. The number of aliphatic hydroxyl groups excluding tert-OH is 2. The van der Waals surface area contributed by atoms with Crippen LogP contribution in [-0.2, 0) is 0 Å². The molecule has 0 aromatic carbocycles. The summed E-state index contributed by atoms with van der Waals surface area (Å²) in [6.45, 7) is 4.84. The molecule has 0 aliphatic heterocycles. The third-order valence-electron chi connectivity index (χ3n) is 2.42. The maximum atomic E-state index is 11.9. The molecule has 0 radical (unpaired) electrons. The molecule has 6 nitrogen and oxygen atoms in total. The lowest BCUT2D eigenvalue weighted by molar-refractivity contribution is 0.0876. The third-order valence-corrected chi connectivity index (χ3v) is 2.42. The van der Waals surface area contributed by atoms with E-state index in [1.807, 2.05) is 13.8 Å². The van der Waals surface area contributed by atoms with Crippen LogP contribution in [0.25, 0.3) is 0 Å². The van der Waals surface area contributed by atoms with Crippen molar-refractivity contribution in [1.82, 2.24) is 10.5 Å². The van der Waals surface area contributed by atoms with Crippen molar-refractivity contribution in [2.75, 3.05) is 13.2 Å². The van der Waals surface area contributed by atoms with Gasteiger partial charge in [-0.3, -0.25) is 4.79 Å². The van der Waals surface area contributed by atoms with Gasteiger partial charge in [-0.05, 0) is 6.92 Å². The average molecular weight is 242 g/mol. The monoisotopic (exact) mass is 242 g/mol. The minimum Gasteiger partial charge on any atom is -0.394 e. The van der Waals surface area contributed by atoms with Crippen LogP contribution >= 0.6 is 0 Å². The van der Waals surface area contributed by atoms with E-state index < -0.39 is 6.04 Å². The standard InChI is InChI=1S/C11H18N2O4/c1-6(2)10-9(7(3)13-17-10)11(16)12-8(4-14)5-15/h6,8,14-15H,4-5H2,1-3H3,(H,12,16). The Hall–Kier alpha value is -1.40. The van der Waals surface area contributed by atoms with Gasteiger partial charge in [0.25, 0.3) is 5.91 Å². The number of nitrogens with one attached hydrogen (secondary N) is 1. The lowest BCUT2D eigenvalue weighted by Gasteiger charge is -2.13. The Labute approximate surface area is 99.6 Å². The second-order valence-corrected chi connectivity index (χ2v) is 4.20. The number of nitrogens with zero attached hydrogens (tertiary/aromatic N) is 1. The van der Waals surface area contributed by atoms with Gasteiger partial charge in [0.15, 0.2) is 5.76 Å². The number of carbonyl (C=O) groups is 1. The second-order valence-electron chi connectivity index (χ2n) is 4.20. The Balaban J connectivity index is 2.91. The summed E-state index contributed by atoms with van der Waals surface area (Å²) in [5, 5.41) is 24.1. The van der Waals surface area contributed by atoms with Crippen LogP contribution in [0.5, 0.6) is 0 Å². The molecule has 1 aromatic heterocycles. The highest BCUT2D eigenvalue weighted by Crippen LogP contribution is 2.22. The summed E-state index contributed by atoms with van der Waals surface area (Å²) in [4.78, 5) is 11.9. The summed E-state index contributed by atoms with van der Waals surface area (Å²) in [6.07, 6.45) is 0. The number of amides is 1. The van der Waals surface area contributed by atoms with Gasteiger partial charge in [-0.1, -0.05) is 19.0 Å². The van der Waals surface area contributed by atoms with Crippen LogP contribution in [0.3, 0.4) is 0 Å². The molecule has 6 heteroatoms. The molecule has 0 atom stereocenters. The molecule has 0 fully saturated rings. The van der Waals surface area contributed by atoms with Gasteiger partial charge in [-0.25, -0.2) is 0 Å². The summed E-state index contributed by atoms with van der Waals surface area (Å²) >= 11 is 0. The molecular formula is C11H18N2O4. The fraction of sp³-hybridized carbons (Fsp3) is 0.636. The van der Waals surface area contributed by atoms with Crippen molar-refractivity contribution in [3.8, 4) is 0 Å². The van der Waals surface area contributed by atoms with E-state index in [-0.39, 0.29) is 25.0 Å². The second kappa shape index (κ2) is 5.79. The Morgan fingerprint density at radius 2 is 2.00 bits per heavy atom. The highest BCUT2D eigenvalue weighted by atomic mass is 16.5. The highest BCUT2D eigenvalue weighted by molar-refractivity contribution is 5.96. The molecule has 1 rings (SSSR count). The number of rotatable bonds is 5. The van der Waals surface area contributed by atoms with Gasteiger partial charge in [0.05, 0.1) is 24.9 Å². The molecule has 0 saturated carbocycles. The number of aliphatic hydroxyl groups is 2. The van der Waals surface area contributed by atoms with Crippen molar-refractivity contribution in [2.24, 2.45) is 0 Å². The molecule has 1 amide bonds. The van der Waals surface area contributed by atoms with E-state index in [1.54, 1.807) is 6.92 Å². The van der Waals surface area contributed by atoms with E-state index in [0.29, 0.717) is 17.0 Å². The predicted molar refractivity (Wildman–Crippen MR) is 60.8 cm³/mol. The SMILES string of the molecule is Cc1noc(C(C)C)c1C(=O)NC(CO)CO. The Bertz CT molecular complexity index is 383. The first-order valence-corrected chi connectivity index (χ1v) is 5.50. The molecule has 0 saturated heterocycles. The van der Waals surface area contributed by atoms with E-state index in [0.717, 1.165) is 0 Å². The molecular weight excluding hydrogens is 224 g/mol. The molecule has 0 bridgehead atoms. The van der Waals surface area contributed by atoms with Gasteiger partial charge in [0.1, 0.15) is 5.56 Å². The Kier molecular flexibility index (Phi) is 4.65. The molecule has 0 aliphatic rings. The van der Waals surface area contributed by atoms with Crippen molar-refractivity contribution < 1.29 is 19.5 Å². The van der Waals surface area contributed by atoms with Gasteiger partial charge in [0, 0.05) is 5.92 Å². The number of hydrogen-bond acceptors (Lipinski definition) is 5. The summed E-state index contributed by atoms with van der Waals surface area (Å²) in [7, 11) is 0. The number of aryl methyl sites for hydroxylation is 1. The van der Waals surface area contributed by atoms with E-state index in [2.05, 4.69) is 10.5 Å². The minimum atomic E-state index is -0.670. The zero-order valence-corrected chi connectivity index (χ0v) is 10.2. The zero-order valence-electron chi connectivity index (χ0n) is 10.2. The van der Waals surface area contributed by atoms with Crippen LogP contribution in [0.2, 0.25) is 0 Å². The maximum Gasteiger partial charge on any atom is 0.257 e. The fourth-order valence-corrected chi connectivity index (χ4v) is 1.46. The molecule has 0 aliphatic carbocycles. The number of carbonyl (C=O) groups excluding carboxylic acids is 1. The lowest BCUT2D eigenvalue weighted by atomic mass is 10.0. The first kappa shape index (κ1) is 13.7. The smallest absolute Gasteiger partial charge is 0.257 e. The zero-order chi connectivity index (χ0) is 13.0. The molecule has 1 aromatic rings. The van der Waals surface area contributed by atoms with E-state index in [9.17, 15) is 4.79 Å². The van der Waals surface area contributed by atoms with Gasteiger partial charge in [0.2, 0.25) is 0 Å². The van der Waals surface area contributed by atoms with Crippen LogP contribution < -0.4 is 5.32 Å². The largest absolute Gasteiger partial charge is 0.394 e. The van der Waals surface area contributed by atoms with Crippen molar-refractivity contribution >= 4 is 5.91 Å². The Morgan fingerprint density at radius 3 is 2.47 bits per heavy atom. The molecule has 96 valence electrons. The quantitative estimate of drug-likeness (QED) is 0.685. The molecule has 0 spiro atoms. The molecule has 3 N–H and O–H groups in total. The van der Waals surface area contributed by atoms with Crippen LogP contribution in [-0.4, -0.2) is 40.5 Å². The first-order chi connectivity index (χ1) is 8.01. The normalized spacial score (nSPS) is 11.2. The van der Waals surface area contributed by atoms with E-state index in [1.165, 1.54) is 0 Å². The summed E-state index contributed by atoms with van der Waals surface area (Å²) in [5.74, 6) is 0.161. The number of aromatic nitrogens is 1. The van der Waals surface area contributed by atoms with Gasteiger partial charge in [-0.2, -0.15) is 0 Å². The van der Waals surface area contributed by atoms with Crippen LogP contribution in [0.1, 0.15) is 41.6 Å². The Morgan fingerprint density at radius 1 is 1.41 bits per heavy atom. The lowest BCUT2D eigenvalue weighted by Crippen LogP contribution is -2.40. The highest BCUT2D eigenvalue weighted by Gasteiger charge is 2.23.